The van der Waals surface area contributed by atoms with E-state index in [0.29, 0.717) is 6.04 Å². The first-order chi connectivity index (χ1) is 8.24. The van der Waals surface area contributed by atoms with Gasteiger partial charge >= 0.3 is 0 Å². The number of halogens is 1. The van der Waals surface area contributed by atoms with E-state index in [9.17, 15) is 0 Å². The van der Waals surface area contributed by atoms with Crippen LogP contribution in [0.1, 0.15) is 19.1 Å². The molecule has 0 spiro atoms. The molecule has 17 heavy (non-hydrogen) atoms. The predicted octanol–water partition coefficient (Wildman–Crippen LogP) is 4.48. The topological polar surface area (TPSA) is 25.2 Å². The summed E-state index contributed by atoms with van der Waals surface area (Å²) in [5.74, 6) is 1.05. The van der Waals surface area contributed by atoms with Crippen molar-refractivity contribution < 1.29 is 4.42 Å². The van der Waals surface area contributed by atoms with Crippen LogP contribution in [-0.2, 0) is 6.42 Å². The molecule has 0 bridgehead atoms. The molecule has 1 N–H and O–H groups in total. The van der Waals surface area contributed by atoms with Gasteiger partial charge in [-0.25, -0.2) is 0 Å². The molecule has 0 amide bonds. The second kappa shape index (κ2) is 5.92. The third kappa shape index (κ3) is 3.93. The molecule has 1 heterocycles. The lowest BCUT2D eigenvalue weighted by molar-refractivity contribution is 0.495. The van der Waals surface area contributed by atoms with Gasteiger partial charge in [-0.1, -0.05) is 15.9 Å². The van der Waals surface area contributed by atoms with Gasteiger partial charge in [0.05, 0.1) is 6.26 Å². The molecule has 1 aromatic carbocycles. The van der Waals surface area contributed by atoms with Crippen LogP contribution in [0.3, 0.4) is 0 Å². The summed E-state index contributed by atoms with van der Waals surface area (Å²) >= 11 is 3.43. The Morgan fingerprint density at radius 3 is 2.65 bits per heavy atom. The van der Waals surface area contributed by atoms with Crippen molar-refractivity contribution in [3.05, 3.63) is 52.9 Å². The van der Waals surface area contributed by atoms with Crippen LogP contribution in [0.4, 0.5) is 5.69 Å². The molecule has 1 aromatic heterocycles. The van der Waals surface area contributed by atoms with Gasteiger partial charge in [-0.2, -0.15) is 0 Å². The average molecular weight is 294 g/mol. The zero-order valence-electron chi connectivity index (χ0n) is 9.82. The van der Waals surface area contributed by atoms with Gasteiger partial charge in [0, 0.05) is 22.6 Å². The molecule has 1 atom stereocenters. The zero-order valence-corrected chi connectivity index (χ0v) is 11.4. The van der Waals surface area contributed by atoms with Gasteiger partial charge in [0.1, 0.15) is 5.76 Å². The van der Waals surface area contributed by atoms with Crippen LogP contribution >= 0.6 is 15.9 Å². The molecule has 0 saturated carbocycles. The highest BCUT2D eigenvalue weighted by Gasteiger charge is 2.04. The summed E-state index contributed by atoms with van der Waals surface area (Å²) in [5.41, 5.74) is 1.15. The number of nitrogens with one attached hydrogen (secondary N) is 1. The monoisotopic (exact) mass is 293 g/mol. The Kier molecular flexibility index (Phi) is 4.26. The van der Waals surface area contributed by atoms with Crippen molar-refractivity contribution >= 4 is 21.6 Å². The van der Waals surface area contributed by atoms with Crippen LogP contribution in [0.5, 0.6) is 0 Å². The lowest BCUT2D eigenvalue weighted by Gasteiger charge is -2.14. The van der Waals surface area contributed by atoms with E-state index >= 15 is 0 Å². The molecule has 0 aliphatic rings. The number of anilines is 1. The van der Waals surface area contributed by atoms with Crippen LogP contribution in [0.25, 0.3) is 0 Å². The summed E-state index contributed by atoms with van der Waals surface area (Å²) in [6.45, 7) is 2.19. The third-order valence-corrected chi connectivity index (χ3v) is 3.19. The average Bonchev–Trinajstić information content (AvgIpc) is 2.83. The van der Waals surface area contributed by atoms with Crippen LogP contribution in [0.2, 0.25) is 0 Å². The van der Waals surface area contributed by atoms with E-state index in [-0.39, 0.29) is 0 Å². The van der Waals surface area contributed by atoms with E-state index in [1.165, 1.54) is 0 Å². The Morgan fingerprint density at radius 2 is 2.00 bits per heavy atom. The summed E-state index contributed by atoms with van der Waals surface area (Å²) < 4.78 is 6.42. The Hall–Kier alpha value is -1.22. The molecule has 0 saturated heterocycles. The summed E-state index contributed by atoms with van der Waals surface area (Å²) in [4.78, 5) is 0. The normalized spacial score (nSPS) is 12.4. The second-order valence-corrected chi connectivity index (χ2v) is 5.09. The Balaban J connectivity index is 1.80. The summed E-state index contributed by atoms with van der Waals surface area (Å²) in [7, 11) is 0. The van der Waals surface area contributed by atoms with E-state index in [1.54, 1.807) is 6.26 Å². The molecule has 2 aromatic rings. The van der Waals surface area contributed by atoms with Crippen molar-refractivity contribution in [2.45, 2.75) is 25.8 Å². The SMILES string of the molecule is CC(CCc1ccco1)Nc1ccc(Br)cc1. The third-order valence-electron chi connectivity index (χ3n) is 2.66. The highest BCUT2D eigenvalue weighted by molar-refractivity contribution is 9.10. The fourth-order valence-corrected chi connectivity index (χ4v) is 1.98. The van der Waals surface area contributed by atoms with E-state index in [2.05, 4.69) is 40.3 Å². The molecule has 3 heteroatoms. The van der Waals surface area contributed by atoms with E-state index in [4.69, 9.17) is 4.42 Å². The number of benzene rings is 1. The first kappa shape index (κ1) is 12.2. The molecule has 0 fully saturated rings. The summed E-state index contributed by atoms with van der Waals surface area (Å²) in [6.07, 6.45) is 3.75. The van der Waals surface area contributed by atoms with Gasteiger partial charge in [0.15, 0.2) is 0 Å². The highest BCUT2D eigenvalue weighted by Crippen LogP contribution is 2.16. The van der Waals surface area contributed by atoms with Crippen molar-refractivity contribution in [1.29, 1.82) is 0 Å². The molecule has 0 radical (unpaired) electrons. The molecule has 2 nitrogen and oxygen atoms in total. The largest absolute Gasteiger partial charge is 0.469 e. The standard InChI is InChI=1S/C14H16BrNO/c1-11(4-9-14-3-2-10-17-14)16-13-7-5-12(15)6-8-13/h2-3,5-8,10-11,16H,4,9H2,1H3. The van der Waals surface area contributed by atoms with E-state index in [1.807, 2.05) is 24.3 Å². The van der Waals surface area contributed by atoms with E-state index in [0.717, 1.165) is 28.8 Å². The first-order valence-corrected chi connectivity index (χ1v) is 6.58. The molecule has 0 aliphatic heterocycles. The Morgan fingerprint density at radius 1 is 1.24 bits per heavy atom. The van der Waals surface area contributed by atoms with Gasteiger partial charge in [0.2, 0.25) is 0 Å². The molecule has 2 rings (SSSR count). The van der Waals surface area contributed by atoms with Gasteiger partial charge in [-0.3, -0.25) is 0 Å². The fourth-order valence-electron chi connectivity index (χ4n) is 1.72. The fraction of sp³-hybridized carbons (Fsp3) is 0.286. The Labute approximate surface area is 110 Å². The first-order valence-electron chi connectivity index (χ1n) is 5.78. The number of rotatable bonds is 5. The zero-order chi connectivity index (χ0) is 12.1. The summed E-state index contributed by atoms with van der Waals surface area (Å²) in [5, 5.41) is 3.47. The van der Waals surface area contributed by atoms with Crippen molar-refractivity contribution in [2.75, 3.05) is 5.32 Å². The smallest absolute Gasteiger partial charge is 0.103 e. The maximum atomic E-state index is 5.32. The van der Waals surface area contributed by atoms with Crippen molar-refractivity contribution in [3.8, 4) is 0 Å². The maximum absolute atomic E-state index is 5.32. The lowest BCUT2D eigenvalue weighted by atomic mass is 10.1. The Bertz CT molecular complexity index is 436. The maximum Gasteiger partial charge on any atom is 0.103 e. The van der Waals surface area contributed by atoms with Gasteiger partial charge in [-0.15, -0.1) is 0 Å². The van der Waals surface area contributed by atoms with E-state index < -0.39 is 0 Å². The minimum atomic E-state index is 0.432. The number of hydrogen-bond donors (Lipinski definition) is 1. The quantitative estimate of drug-likeness (QED) is 0.879. The molecule has 1 unspecified atom stereocenters. The molecular weight excluding hydrogens is 278 g/mol. The highest BCUT2D eigenvalue weighted by atomic mass is 79.9. The number of furan rings is 1. The van der Waals surface area contributed by atoms with Crippen LogP contribution in [0.15, 0.2) is 51.6 Å². The van der Waals surface area contributed by atoms with Crippen LogP contribution in [-0.4, -0.2) is 6.04 Å². The second-order valence-electron chi connectivity index (χ2n) is 4.17. The molecule has 90 valence electrons. The van der Waals surface area contributed by atoms with Gasteiger partial charge < -0.3 is 9.73 Å². The van der Waals surface area contributed by atoms with Crippen LogP contribution < -0.4 is 5.32 Å². The van der Waals surface area contributed by atoms with Crippen LogP contribution in [0, 0.1) is 0 Å². The minimum Gasteiger partial charge on any atom is -0.469 e. The lowest BCUT2D eigenvalue weighted by Crippen LogP contribution is -2.15. The molecule has 0 aliphatic carbocycles. The number of aryl methyl sites for hydroxylation is 1. The predicted molar refractivity (Wildman–Crippen MR) is 74.3 cm³/mol. The van der Waals surface area contributed by atoms with Gasteiger partial charge in [0.25, 0.3) is 0 Å². The molecular formula is C14H16BrNO. The van der Waals surface area contributed by atoms with Crippen molar-refractivity contribution in [3.63, 3.8) is 0 Å². The van der Waals surface area contributed by atoms with Gasteiger partial charge in [-0.05, 0) is 49.7 Å². The van der Waals surface area contributed by atoms with Crippen molar-refractivity contribution in [1.82, 2.24) is 0 Å². The summed E-state index contributed by atoms with van der Waals surface area (Å²) in [6, 6.07) is 12.6. The number of hydrogen-bond acceptors (Lipinski definition) is 2. The van der Waals surface area contributed by atoms with Crippen molar-refractivity contribution in [2.24, 2.45) is 0 Å². The minimum absolute atomic E-state index is 0.432.